The highest BCUT2D eigenvalue weighted by atomic mass is 16.2. The van der Waals surface area contributed by atoms with Gasteiger partial charge in [-0.25, -0.2) is 4.79 Å². The van der Waals surface area contributed by atoms with Gasteiger partial charge in [0, 0.05) is 38.6 Å². The molecular formula is C23H34N4O3. The summed E-state index contributed by atoms with van der Waals surface area (Å²) in [5, 5.41) is 5.67. The van der Waals surface area contributed by atoms with Crippen molar-refractivity contribution in [3.8, 4) is 0 Å². The third kappa shape index (κ3) is 5.74. The first-order chi connectivity index (χ1) is 14.5. The lowest BCUT2D eigenvalue weighted by molar-refractivity contribution is -0.141. The molecule has 0 aliphatic carbocycles. The second-order valence-electron chi connectivity index (χ2n) is 8.67. The number of urea groups is 1. The van der Waals surface area contributed by atoms with Crippen molar-refractivity contribution in [1.82, 2.24) is 20.4 Å². The predicted octanol–water partition coefficient (Wildman–Crippen LogP) is 2.37. The van der Waals surface area contributed by atoms with Crippen molar-refractivity contribution in [2.24, 2.45) is 11.8 Å². The molecule has 2 saturated heterocycles. The van der Waals surface area contributed by atoms with Crippen LogP contribution in [0.4, 0.5) is 4.79 Å². The molecular weight excluding hydrogens is 380 g/mol. The van der Waals surface area contributed by atoms with E-state index >= 15 is 0 Å². The molecule has 0 aromatic heterocycles. The maximum Gasteiger partial charge on any atom is 0.315 e. The number of carbonyl (C=O) groups is 3. The van der Waals surface area contributed by atoms with E-state index in [4.69, 9.17) is 0 Å². The number of nitrogens with one attached hydrogen (secondary N) is 2. The Morgan fingerprint density at radius 2 is 1.60 bits per heavy atom. The number of carbonyl (C=O) groups excluding carboxylic acids is 3. The maximum atomic E-state index is 13.1. The van der Waals surface area contributed by atoms with Crippen LogP contribution in [-0.4, -0.2) is 59.9 Å². The molecule has 164 valence electrons. The zero-order valence-electron chi connectivity index (χ0n) is 18.1. The normalized spacial score (nSPS) is 18.4. The van der Waals surface area contributed by atoms with Gasteiger partial charge in [0.15, 0.2) is 0 Å². The van der Waals surface area contributed by atoms with E-state index in [-0.39, 0.29) is 29.7 Å². The smallest absolute Gasteiger partial charge is 0.315 e. The molecule has 30 heavy (non-hydrogen) atoms. The molecule has 2 aliphatic heterocycles. The van der Waals surface area contributed by atoms with Crippen molar-refractivity contribution in [2.75, 3.05) is 26.2 Å². The Morgan fingerprint density at radius 1 is 0.967 bits per heavy atom. The van der Waals surface area contributed by atoms with Crippen molar-refractivity contribution in [2.45, 2.75) is 52.1 Å². The number of hydrogen-bond donors (Lipinski definition) is 2. The Labute approximate surface area is 179 Å². The topological polar surface area (TPSA) is 81.8 Å². The average molecular weight is 415 g/mol. The SMILES string of the molecule is CC(C)C(NC(=O)NCc1ccccc1)C(=O)N1CCC(C(=O)N2CCCC2)CC1. The van der Waals surface area contributed by atoms with Crippen molar-refractivity contribution >= 4 is 17.8 Å². The fourth-order valence-electron chi connectivity index (χ4n) is 4.22. The van der Waals surface area contributed by atoms with Crippen LogP contribution in [0.1, 0.15) is 45.1 Å². The van der Waals surface area contributed by atoms with Gasteiger partial charge in [0.1, 0.15) is 6.04 Å². The number of piperidine rings is 1. The van der Waals surface area contributed by atoms with Crippen LogP contribution in [0.15, 0.2) is 30.3 Å². The minimum atomic E-state index is -0.577. The van der Waals surface area contributed by atoms with E-state index in [0.29, 0.717) is 32.5 Å². The van der Waals surface area contributed by atoms with Crippen LogP contribution in [0, 0.1) is 11.8 Å². The summed E-state index contributed by atoms with van der Waals surface area (Å²) in [7, 11) is 0. The van der Waals surface area contributed by atoms with Crippen LogP contribution in [0.5, 0.6) is 0 Å². The minimum absolute atomic E-state index is 0.0202. The van der Waals surface area contributed by atoms with E-state index in [1.54, 1.807) is 4.90 Å². The summed E-state index contributed by atoms with van der Waals surface area (Å²) in [6.07, 6.45) is 3.59. The van der Waals surface area contributed by atoms with Gasteiger partial charge in [0.05, 0.1) is 0 Å². The summed E-state index contributed by atoms with van der Waals surface area (Å²) >= 11 is 0. The average Bonchev–Trinajstić information content (AvgIpc) is 3.30. The van der Waals surface area contributed by atoms with Gasteiger partial charge < -0.3 is 20.4 Å². The summed E-state index contributed by atoms with van der Waals surface area (Å²) in [5.74, 6) is 0.182. The van der Waals surface area contributed by atoms with Crippen LogP contribution in [0.3, 0.4) is 0 Å². The van der Waals surface area contributed by atoms with E-state index in [1.165, 1.54) is 0 Å². The van der Waals surface area contributed by atoms with E-state index in [1.807, 2.05) is 49.1 Å². The second-order valence-corrected chi connectivity index (χ2v) is 8.67. The van der Waals surface area contributed by atoms with E-state index < -0.39 is 6.04 Å². The molecule has 0 radical (unpaired) electrons. The van der Waals surface area contributed by atoms with E-state index in [9.17, 15) is 14.4 Å². The molecule has 1 aromatic carbocycles. The molecule has 7 nitrogen and oxygen atoms in total. The Balaban J connectivity index is 1.49. The lowest BCUT2D eigenvalue weighted by Crippen LogP contribution is -2.55. The van der Waals surface area contributed by atoms with Crippen LogP contribution in [0.2, 0.25) is 0 Å². The first-order valence-corrected chi connectivity index (χ1v) is 11.1. The Morgan fingerprint density at radius 3 is 2.20 bits per heavy atom. The van der Waals surface area contributed by atoms with Crippen LogP contribution >= 0.6 is 0 Å². The number of likely N-dealkylation sites (tertiary alicyclic amines) is 2. The molecule has 2 fully saturated rings. The molecule has 0 spiro atoms. The van der Waals surface area contributed by atoms with Crippen molar-refractivity contribution in [3.05, 3.63) is 35.9 Å². The summed E-state index contributed by atoms with van der Waals surface area (Å²) in [6, 6.07) is 8.74. The Kier molecular flexibility index (Phi) is 7.71. The predicted molar refractivity (Wildman–Crippen MR) is 116 cm³/mol. The molecule has 2 heterocycles. The summed E-state index contributed by atoms with van der Waals surface area (Å²) in [5.41, 5.74) is 1.00. The van der Waals surface area contributed by atoms with Gasteiger partial charge in [-0.1, -0.05) is 44.2 Å². The van der Waals surface area contributed by atoms with Gasteiger partial charge in [-0.15, -0.1) is 0 Å². The van der Waals surface area contributed by atoms with Crippen LogP contribution in [0.25, 0.3) is 0 Å². The number of benzene rings is 1. The summed E-state index contributed by atoms with van der Waals surface area (Å²) in [6.45, 7) is 7.16. The van der Waals surface area contributed by atoms with Gasteiger partial charge in [-0.05, 0) is 37.2 Å². The number of nitrogens with zero attached hydrogens (tertiary/aromatic N) is 2. The monoisotopic (exact) mass is 414 g/mol. The Hall–Kier alpha value is -2.57. The highest BCUT2D eigenvalue weighted by Gasteiger charge is 2.34. The molecule has 2 aliphatic rings. The number of rotatable bonds is 6. The second kappa shape index (κ2) is 10.5. The van der Waals surface area contributed by atoms with Crippen molar-refractivity contribution in [3.63, 3.8) is 0 Å². The van der Waals surface area contributed by atoms with Crippen molar-refractivity contribution < 1.29 is 14.4 Å². The standard InChI is InChI=1S/C23H34N4O3/c1-17(2)20(25-23(30)24-16-18-8-4-3-5-9-18)22(29)27-14-10-19(11-15-27)21(28)26-12-6-7-13-26/h3-5,8-9,17,19-20H,6-7,10-16H2,1-2H3,(H2,24,25,30). The van der Waals surface area contributed by atoms with Gasteiger partial charge in [-0.3, -0.25) is 9.59 Å². The molecule has 3 rings (SSSR count). The molecule has 4 amide bonds. The van der Waals surface area contributed by atoms with Gasteiger partial charge in [0.2, 0.25) is 11.8 Å². The van der Waals surface area contributed by atoms with Gasteiger partial charge >= 0.3 is 6.03 Å². The number of amides is 4. The molecule has 2 N–H and O–H groups in total. The zero-order valence-corrected chi connectivity index (χ0v) is 18.1. The summed E-state index contributed by atoms with van der Waals surface area (Å²) in [4.78, 5) is 41.8. The molecule has 0 saturated carbocycles. The third-order valence-electron chi connectivity index (χ3n) is 6.09. The number of hydrogen-bond acceptors (Lipinski definition) is 3. The highest BCUT2D eigenvalue weighted by Crippen LogP contribution is 2.23. The third-order valence-corrected chi connectivity index (χ3v) is 6.09. The fraction of sp³-hybridized carbons (Fsp3) is 0.609. The first kappa shape index (κ1) is 22.1. The molecule has 1 unspecified atom stereocenters. The van der Waals surface area contributed by atoms with Crippen molar-refractivity contribution in [1.29, 1.82) is 0 Å². The summed E-state index contributed by atoms with van der Waals surface area (Å²) < 4.78 is 0. The van der Waals surface area contributed by atoms with Crippen LogP contribution in [-0.2, 0) is 16.1 Å². The maximum absolute atomic E-state index is 13.1. The quantitative estimate of drug-likeness (QED) is 0.750. The molecule has 7 heteroatoms. The minimum Gasteiger partial charge on any atom is -0.342 e. The lowest BCUT2D eigenvalue weighted by atomic mass is 9.94. The lowest BCUT2D eigenvalue weighted by Gasteiger charge is -2.36. The van der Waals surface area contributed by atoms with E-state index in [0.717, 1.165) is 31.5 Å². The highest BCUT2D eigenvalue weighted by molar-refractivity contribution is 5.87. The van der Waals surface area contributed by atoms with Gasteiger partial charge in [0.25, 0.3) is 0 Å². The van der Waals surface area contributed by atoms with Gasteiger partial charge in [-0.2, -0.15) is 0 Å². The molecule has 0 bridgehead atoms. The van der Waals surface area contributed by atoms with E-state index in [2.05, 4.69) is 10.6 Å². The zero-order chi connectivity index (χ0) is 21.5. The Bertz CT molecular complexity index is 723. The molecule has 1 atom stereocenters. The fourth-order valence-corrected chi connectivity index (χ4v) is 4.22. The largest absolute Gasteiger partial charge is 0.342 e. The molecule has 1 aromatic rings. The first-order valence-electron chi connectivity index (χ1n) is 11.1. The van der Waals surface area contributed by atoms with Crippen LogP contribution < -0.4 is 10.6 Å².